The first-order valence-electron chi connectivity index (χ1n) is 4.04. The summed E-state index contributed by atoms with van der Waals surface area (Å²) in [6.45, 7) is 0.513. The summed E-state index contributed by atoms with van der Waals surface area (Å²) in [7, 11) is 0. The van der Waals surface area contributed by atoms with Gasteiger partial charge in [-0.1, -0.05) is 0 Å². The Morgan fingerprint density at radius 2 is 2.50 bits per heavy atom. The number of hydrogen-bond acceptors (Lipinski definition) is 4. The zero-order valence-electron chi connectivity index (χ0n) is 6.73. The van der Waals surface area contributed by atoms with Gasteiger partial charge in [0.25, 0.3) is 0 Å². The number of aliphatic hydroxyl groups is 1. The summed E-state index contributed by atoms with van der Waals surface area (Å²) in [6.07, 6.45) is 4.24. The molecule has 1 aromatic heterocycles. The molecule has 0 unspecified atom stereocenters. The Labute approximate surface area is 70.4 Å². The van der Waals surface area contributed by atoms with Gasteiger partial charge in [-0.05, 0) is 12.8 Å². The van der Waals surface area contributed by atoms with Crippen LogP contribution in [0.2, 0.25) is 0 Å². The molecule has 1 aliphatic rings. The van der Waals surface area contributed by atoms with E-state index in [1.54, 1.807) is 6.20 Å². The first kappa shape index (κ1) is 7.76. The summed E-state index contributed by atoms with van der Waals surface area (Å²) < 4.78 is 5.18. The van der Waals surface area contributed by atoms with Crippen molar-refractivity contribution in [1.82, 2.24) is 4.98 Å². The molecule has 0 aromatic carbocycles. The van der Waals surface area contributed by atoms with Crippen molar-refractivity contribution in [3.8, 4) is 0 Å². The summed E-state index contributed by atoms with van der Waals surface area (Å²) in [6, 6.07) is 0. The van der Waals surface area contributed by atoms with Gasteiger partial charge in [-0.2, -0.15) is 0 Å². The Morgan fingerprint density at radius 1 is 1.75 bits per heavy atom. The summed E-state index contributed by atoms with van der Waals surface area (Å²) in [5, 5.41) is 9.20. The van der Waals surface area contributed by atoms with Crippen LogP contribution in [-0.4, -0.2) is 22.7 Å². The molecule has 0 amide bonds. The summed E-state index contributed by atoms with van der Waals surface area (Å²) >= 11 is 0. The van der Waals surface area contributed by atoms with Crippen LogP contribution in [0.4, 0.5) is 0 Å². The molecule has 2 rings (SSSR count). The van der Waals surface area contributed by atoms with Crippen LogP contribution in [-0.2, 0) is 5.41 Å². The second-order valence-electron chi connectivity index (χ2n) is 3.41. The highest BCUT2D eigenvalue weighted by Crippen LogP contribution is 2.42. The van der Waals surface area contributed by atoms with Crippen molar-refractivity contribution in [2.45, 2.75) is 24.4 Å². The summed E-state index contributed by atoms with van der Waals surface area (Å²) in [5.74, 6) is 0.801. The van der Waals surface area contributed by atoms with Crippen molar-refractivity contribution < 1.29 is 9.52 Å². The second kappa shape index (κ2) is 2.57. The first-order valence-corrected chi connectivity index (χ1v) is 4.04. The molecule has 1 fully saturated rings. The van der Waals surface area contributed by atoms with Crippen LogP contribution in [0, 0.1) is 0 Å². The molecule has 1 aliphatic carbocycles. The maximum Gasteiger partial charge on any atom is 0.180 e. The molecule has 4 nitrogen and oxygen atoms in total. The van der Waals surface area contributed by atoms with Crippen LogP contribution in [0.15, 0.2) is 17.0 Å². The molecule has 0 atom stereocenters. The molecule has 1 saturated carbocycles. The van der Waals surface area contributed by atoms with Crippen LogP contribution in [0.5, 0.6) is 0 Å². The fourth-order valence-corrected chi connectivity index (χ4v) is 1.79. The number of nitrogens with zero attached hydrogens (tertiary/aromatic N) is 1. The number of rotatable bonds is 2. The van der Waals surface area contributed by atoms with Crippen LogP contribution in [0.1, 0.15) is 18.6 Å². The minimum atomic E-state index is -0.223. The van der Waals surface area contributed by atoms with E-state index in [0.29, 0.717) is 19.4 Å². The topological polar surface area (TPSA) is 72.3 Å². The van der Waals surface area contributed by atoms with Crippen molar-refractivity contribution >= 4 is 0 Å². The van der Waals surface area contributed by atoms with E-state index in [-0.39, 0.29) is 11.5 Å². The Morgan fingerprint density at radius 3 is 2.92 bits per heavy atom. The second-order valence-corrected chi connectivity index (χ2v) is 3.41. The number of hydrogen-bond donors (Lipinski definition) is 2. The lowest BCUT2D eigenvalue weighted by Crippen LogP contribution is -2.49. The Hall–Kier alpha value is -0.870. The highest BCUT2D eigenvalue weighted by molar-refractivity contribution is 5.18. The molecule has 3 N–H and O–H groups in total. The molecule has 12 heavy (non-hydrogen) atoms. The van der Waals surface area contributed by atoms with Gasteiger partial charge in [0.15, 0.2) is 6.39 Å². The lowest BCUT2D eigenvalue weighted by atomic mass is 9.65. The van der Waals surface area contributed by atoms with Crippen molar-refractivity contribution in [3.63, 3.8) is 0 Å². The monoisotopic (exact) mass is 168 g/mol. The van der Waals surface area contributed by atoms with E-state index in [9.17, 15) is 5.11 Å². The third-order valence-corrected chi connectivity index (χ3v) is 2.60. The number of oxazole rings is 1. The molecular weight excluding hydrogens is 156 g/mol. The van der Waals surface area contributed by atoms with E-state index >= 15 is 0 Å². The Kier molecular flexibility index (Phi) is 1.66. The van der Waals surface area contributed by atoms with Gasteiger partial charge in [0, 0.05) is 12.0 Å². The smallest absolute Gasteiger partial charge is 0.180 e. The van der Waals surface area contributed by atoms with E-state index in [1.807, 2.05) is 0 Å². The third kappa shape index (κ3) is 0.956. The van der Waals surface area contributed by atoms with Gasteiger partial charge in [0.1, 0.15) is 5.76 Å². The highest BCUT2D eigenvalue weighted by Gasteiger charge is 2.46. The first-order chi connectivity index (χ1) is 5.77. The lowest BCUT2D eigenvalue weighted by Gasteiger charge is -2.42. The van der Waals surface area contributed by atoms with Gasteiger partial charge in [0.05, 0.1) is 12.3 Å². The molecule has 1 aromatic rings. The van der Waals surface area contributed by atoms with E-state index < -0.39 is 0 Å². The zero-order valence-corrected chi connectivity index (χ0v) is 6.73. The van der Waals surface area contributed by atoms with E-state index in [4.69, 9.17) is 10.2 Å². The third-order valence-electron chi connectivity index (χ3n) is 2.60. The Bertz CT molecular complexity index is 252. The fraction of sp³-hybridized carbons (Fsp3) is 0.625. The minimum Gasteiger partial charge on any atom is -0.448 e. The molecule has 0 radical (unpaired) electrons. The SMILES string of the molecule is NCC1(c2cnco2)CC(O)C1. The van der Waals surface area contributed by atoms with Gasteiger partial charge in [-0.25, -0.2) is 4.98 Å². The maximum atomic E-state index is 9.20. The van der Waals surface area contributed by atoms with Gasteiger partial charge in [-0.3, -0.25) is 0 Å². The number of aliphatic hydroxyl groups excluding tert-OH is 1. The predicted molar refractivity (Wildman–Crippen MR) is 42.5 cm³/mol. The number of aromatic nitrogens is 1. The van der Waals surface area contributed by atoms with Gasteiger partial charge < -0.3 is 15.3 Å². The molecular formula is C8H12N2O2. The summed E-state index contributed by atoms with van der Waals surface area (Å²) in [5.41, 5.74) is 5.48. The average Bonchev–Trinajstić information content (AvgIpc) is 2.50. The minimum absolute atomic E-state index is 0.143. The van der Waals surface area contributed by atoms with E-state index in [0.717, 1.165) is 5.76 Å². The van der Waals surface area contributed by atoms with Crippen molar-refractivity contribution in [2.75, 3.05) is 6.54 Å². The molecule has 66 valence electrons. The fourth-order valence-electron chi connectivity index (χ4n) is 1.79. The molecule has 0 spiro atoms. The molecule has 0 aliphatic heterocycles. The van der Waals surface area contributed by atoms with Crippen LogP contribution >= 0.6 is 0 Å². The maximum absolute atomic E-state index is 9.20. The van der Waals surface area contributed by atoms with Crippen molar-refractivity contribution in [2.24, 2.45) is 5.73 Å². The zero-order chi connectivity index (χ0) is 8.60. The predicted octanol–water partition coefficient (Wildman–Crippen LogP) is 0.0258. The highest BCUT2D eigenvalue weighted by atomic mass is 16.3. The lowest BCUT2D eigenvalue weighted by molar-refractivity contribution is 0.0115. The van der Waals surface area contributed by atoms with Gasteiger partial charge >= 0.3 is 0 Å². The van der Waals surface area contributed by atoms with Gasteiger partial charge in [-0.15, -0.1) is 0 Å². The van der Waals surface area contributed by atoms with E-state index in [2.05, 4.69) is 4.98 Å². The molecule has 0 saturated heterocycles. The Balaban J connectivity index is 2.20. The molecule has 0 bridgehead atoms. The van der Waals surface area contributed by atoms with Crippen LogP contribution in [0.25, 0.3) is 0 Å². The number of nitrogens with two attached hydrogens (primary N) is 1. The van der Waals surface area contributed by atoms with Crippen molar-refractivity contribution in [1.29, 1.82) is 0 Å². The standard InChI is InChI=1S/C8H12N2O2/c9-4-8(1-6(11)2-8)7-3-10-5-12-7/h3,5-6,11H,1-2,4,9H2. The largest absolute Gasteiger partial charge is 0.448 e. The van der Waals surface area contributed by atoms with E-state index in [1.165, 1.54) is 6.39 Å². The normalized spacial score (nSPS) is 34.7. The molecule has 1 heterocycles. The summed E-state index contributed by atoms with van der Waals surface area (Å²) in [4.78, 5) is 3.84. The van der Waals surface area contributed by atoms with Gasteiger partial charge in [0.2, 0.25) is 0 Å². The molecule has 4 heteroatoms. The quantitative estimate of drug-likeness (QED) is 0.653. The van der Waals surface area contributed by atoms with Crippen molar-refractivity contribution in [3.05, 3.63) is 18.4 Å². The van der Waals surface area contributed by atoms with Crippen LogP contribution in [0.3, 0.4) is 0 Å². The average molecular weight is 168 g/mol. The van der Waals surface area contributed by atoms with Crippen LogP contribution < -0.4 is 5.73 Å².